The molecule has 0 aromatic heterocycles. The number of hydrogen-bond acceptors (Lipinski definition) is 6. The number of hydrogen-bond donors (Lipinski definition) is 0. The summed E-state index contributed by atoms with van der Waals surface area (Å²) in [6, 6.07) is 0. The van der Waals surface area contributed by atoms with Crippen LogP contribution in [0.2, 0.25) is 0 Å². The Morgan fingerprint density at radius 3 is 0.792 bits per heavy atom. The molecule has 0 fully saturated rings. The second-order valence-electron chi connectivity index (χ2n) is 20.6. The number of allylic oxidation sites excluding steroid dienone is 22. The fourth-order valence-electron chi connectivity index (χ4n) is 8.47. The van der Waals surface area contributed by atoms with E-state index in [4.69, 9.17) is 14.2 Å². The maximum Gasteiger partial charge on any atom is 0.306 e. The van der Waals surface area contributed by atoms with Crippen molar-refractivity contribution in [1.29, 1.82) is 0 Å². The van der Waals surface area contributed by atoms with Gasteiger partial charge in [-0.3, -0.25) is 14.4 Å². The van der Waals surface area contributed by atoms with E-state index in [1.807, 2.05) is 0 Å². The smallest absolute Gasteiger partial charge is 0.306 e. The molecule has 0 saturated heterocycles. The van der Waals surface area contributed by atoms with Crippen LogP contribution in [0.4, 0.5) is 0 Å². The third-order valence-electron chi connectivity index (χ3n) is 13.2. The zero-order chi connectivity index (χ0) is 55.7. The Labute approximate surface area is 475 Å². The van der Waals surface area contributed by atoms with Crippen LogP contribution in [0.1, 0.15) is 278 Å². The first kappa shape index (κ1) is 72.5. The van der Waals surface area contributed by atoms with Gasteiger partial charge in [0.2, 0.25) is 0 Å². The average molecular weight is 1070 g/mol. The molecule has 6 nitrogen and oxygen atoms in total. The molecule has 0 aliphatic heterocycles. The quantitative estimate of drug-likeness (QED) is 0.0261. The normalized spacial score (nSPS) is 13.0. The molecular formula is C71H116O6. The minimum absolute atomic E-state index is 0.0908. The van der Waals surface area contributed by atoms with Crippen molar-refractivity contribution in [2.24, 2.45) is 0 Å². The van der Waals surface area contributed by atoms with Crippen molar-refractivity contribution in [3.63, 3.8) is 0 Å². The molecule has 0 rings (SSSR count). The first-order chi connectivity index (χ1) is 38.0. The van der Waals surface area contributed by atoms with Gasteiger partial charge < -0.3 is 14.2 Å². The van der Waals surface area contributed by atoms with Gasteiger partial charge in [-0.25, -0.2) is 0 Å². The van der Waals surface area contributed by atoms with Gasteiger partial charge in [0.25, 0.3) is 0 Å². The molecule has 0 radical (unpaired) electrons. The lowest BCUT2D eigenvalue weighted by molar-refractivity contribution is -0.167. The van der Waals surface area contributed by atoms with Gasteiger partial charge in [-0.1, -0.05) is 276 Å². The Kier molecular flexibility index (Phi) is 60.4. The minimum Gasteiger partial charge on any atom is -0.462 e. The van der Waals surface area contributed by atoms with Crippen molar-refractivity contribution < 1.29 is 28.6 Å². The summed E-state index contributed by atoms with van der Waals surface area (Å²) in [6.07, 6.45) is 90.3. The van der Waals surface area contributed by atoms with Gasteiger partial charge in [0.1, 0.15) is 13.2 Å². The summed E-state index contributed by atoms with van der Waals surface area (Å²) in [4.78, 5) is 38.2. The molecule has 6 heteroatoms. The van der Waals surface area contributed by atoms with E-state index in [-0.39, 0.29) is 31.1 Å². The first-order valence-corrected chi connectivity index (χ1v) is 31.7. The Balaban J connectivity index is 4.33. The SMILES string of the molecule is CC/C=C\C/C=C\C/C=C\C/C=C\C/C=C\C/C=C\C/C=C\C/C=C\CCCCCCCCC(=O)OCC(COC(=O)CCCCCCCCCCCCCCC)OC(=O)CCCCCCC/C=C\C/C=C\C/C=C\CC. The predicted molar refractivity (Wildman–Crippen MR) is 334 cm³/mol. The Hall–Kier alpha value is -4.45. The third-order valence-corrected chi connectivity index (χ3v) is 13.2. The van der Waals surface area contributed by atoms with Gasteiger partial charge in [-0.15, -0.1) is 0 Å². The zero-order valence-corrected chi connectivity index (χ0v) is 49.9. The lowest BCUT2D eigenvalue weighted by Crippen LogP contribution is -2.30. The summed E-state index contributed by atoms with van der Waals surface area (Å²) < 4.78 is 16.9. The average Bonchev–Trinajstić information content (AvgIpc) is 3.43. The molecule has 0 N–H and O–H groups in total. The number of unbranched alkanes of at least 4 members (excludes halogenated alkanes) is 23. The van der Waals surface area contributed by atoms with Crippen LogP contribution in [0.5, 0.6) is 0 Å². The lowest BCUT2D eigenvalue weighted by Gasteiger charge is -2.18. The van der Waals surface area contributed by atoms with Gasteiger partial charge >= 0.3 is 17.9 Å². The Morgan fingerprint density at radius 2 is 0.506 bits per heavy atom. The standard InChI is InChI=1S/C71H116O6/c1-4-7-10-13-16-19-22-25-27-28-29-30-31-32-33-34-35-36-37-38-39-40-41-42-44-46-49-52-55-58-61-64-70(73)76-67-68(66-75-69(72)63-60-57-54-51-48-45-24-21-18-15-12-9-6-3)77-71(74)65-62-59-56-53-50-47-43-26-23-20-17-14-11-8-5-2/h7-8,10-11,16-17,19-20,25-27,29-30,32-33,35-36,38-39,41-43,68H,4-6,9,12-15,18,21-24,28,31,34,37,40,44-67H2,1-3H3/b10-7-,11-8-,19-16-,20-17-,27-25-,30-29-,33-32-,36-35-,39-38-,42-41-,43-26-. The highest BCUT2D eigenvalue weighted by Crippen LogP contribution is 2.15. The summed E-state index contributed by atoms with van der Waals surface area (Å²) in [5.74, 6) is -0.921. The van der Waals surface area contributed by atoms with Crippen LogP contribution >= 0.6 is 0 Å². The van der Waals surface area contributed by atoms with Crippen LogP contribution in [0, 0.1) is 0 Å². The Morgan fingerprint density at radius 1 is 0.273 bits per heavy atom. The van der Waals surface area contributed by atoms with E-state index in [2.05, 4.69) is 154 Å². The molecule has 0 aliphatic rings. The second-order valence-corrected chi connectivity index (χ2v) is 20.6. The molecule has 1 atom stereocenters. The van der Waals surface area contributed by atoms with E-state index in [1.54, 1.807) is 0 Å². The third kappa shape index (κ3) is 62.3. The van der Waals surface area contributed by atoms with Crippen molar-refractivity contribution in [3.8, 4) is 0 Å². The molecule has 0 spiro atoms. The van der Waals surface area contributed by atoms with E-state index >= 15 is 0 Å². The summed E-state index contributed by atoms with van der Waals surface area (Å²) >= 11 is 0. The van der Waals surface area contributed by atoms with Crippen molar-refractivity contribution in [1.82, 2.24) is 0 Å². The molecule has 1 unspecified atom stereocenters. The fourth-order valence-corrected chi connectivity index (χ4v) is 8.47. The van der Waals surface area contributed by atoms with Crippen LogP contribution in [-0.2, 0) is 28.6 Å². The maximum atomic E-state index is 12.9. The maximum absolute atomic E-state index is 12.9. The highest BCUT2D eigenvalue weighted by molar-refractivity contribution is 5.71. The van der Waals surface area contributed by atoms with E-state index in [1.165, 1.54) is 77.0 Å². The lowest BCUT2D eigenvalue weighted by atomic mass is 10.0. The van der Waals surface area contributed by atoms with Crippen molar-refractivity contribution >= 4 is 17.9 Å². The minimum atomic E-state index is -0.796. The number of rotatable bonds is 56. The van der Waals surface area contributed by atoms with Crippen LogP contribution in [0.25, 0.3) is 0 Å². The van der Waals surface area contributed by atoms with E-state index in [9.17, 15) is 14.4 Å². The van der Waals surface area contributed by atoms with Crippen LogP contribution in [-0.4, -0.2) is 37.2 Å². The summed E-state index contributed by atoms with van der Waals surface area (Å²) in [6.45, 7) is 6.39. The molecule has 0 heterocycles. The molecule has 0 saturated carbocycles. The van der Waals surface area contributed by atoms with Gasteiger partial charge in [0.05, 0.1) is 0 Å². The first-order valence-electron chi connectivity index (χ1n) is 31.7. The number of carbonyl (C=O) groups is 3. The van der Waals surface area contributed by atoms with Gasteiger partial charge in [-0.05, 0) is 116 Å². The largest absolute Gasteiger partial charge is 0.462 e. The van der Waals surface area contributed by atoms with Crippen LogP contribution in [0.15, 0.2) is 134 Å². The monoisotopic (exact) mass is 1060 g/mol. The van der Waals surface area contributed by atoms with Crippen molar-refractivity contribution in [3.05, 3.63) is 134 Å². The molecule has 0 aromatic carbocycles. The molecule has 0 amide bonds. The van der Waals surface area contributed by atoms with Gasteiger partial charge in [0, 0.05) is 19.3 Å². The Bertz CT molecular complexity index is 1650. The van der Waals surface area contributed by atoms with E-state index in [0.29, 0.717) is 19.3 Å². The summed E-state index contributed by atoms with van der Waals surface area (Å²) in [7, 11) is 0. The summed E-state index contributed by atoms with van der Waals surface area (Å²) in [5.41, 5.74) is 0. The molecule has 0 aliphatic carbocycles. The number of ether oxygens (including phenoxy) is 3. The van der Waals surface area contributed by atoms with Gasteiger partial charge in [0.15, 0.2) is 6.10 Å². The number of esters is 3. The van der Waals surface area contributed by atoms with Crippen molar-refractivity contribution in [2.45, 2.75) is 284 Å². The summed E-state index contributed by atoms with van der Waals surface area (Å²) in [5, 5.41) is 0. The van der Waals surface area contributed by atoms with Gasteiger partial charge in [-0.2, -0.15) is 0 Å². The topological polar surface area (TPSA) is 78.9 Å². The van der Waals surface area contributed by atoms with E-state index < -0.39 is 6.10 Å². The molecule has 436 valence electrons. The van der Waals surface area contributed by atoms with Crippen molar-refractivity contribution in [2.75, 3.05) is 13.2 Å². The molecule has 77 heavy (non-hydrogen) atoms. The zero-order valence-electron chi connectivity index (χ0n) is 49.9. The highest BCUT2D eigenvalue weighted by atomic mass is 16.6. The molecular weight excluding hydrogens is 949 g/mol. The molecule has 0 bridgehead atoms. The number of carbonyl (C=O) groups excluding carboxylic acids is 3. The van der Waals surface area contributed by atoms with E-state index in [0.717, 1.165) is 161 Å². The van der Waals surface area contributed by atoms with Crippen LogP contribution < -0.4 is 0 Å². The highest BCUT2D eigenvalue weighted by Gasteiger charge is 2.19. The second kappa shape index (κ2) is 64.1. The van der Waals surface area contributed by atoms with Crippen LogP contribution in [0.3, 0.4) is 0 Å². The predicted octanol–water partition coefficient (Wildman–Crippen LogP) is 21.8. The fraction of sp³-hybridized carbons (Fsp3) is 0.648. The molecule has 0 aromatic rings.